The molecule has 0 aliphatic carbocycles. The average molecular weight is 871 g/mol. The predicted molar refractivity (Wildman–Crippen MR) is 234 cm³/mol. The van der Waals surface area contributed by atoms with Crippen LogP contribution >= 0.6 is 0 Å². The van der Waals surface area contributed by atoms with Crippen LogP contribution in [0.4, 0.5) is 0 Å². The first-order valence-electron chi connectivity index (χ1n) is 20.1. The van der Waals surface area contributed by atoms with Gasteiger partial charge in [0.05, 0.1) is 36.2 Å². The zero-order chi connectivity index (χ0) is 42.5. The summed E-state index contributed by atoms with van der Waals surface area (Å²) in [5, 5.41) is 1.82. The van der Waals surface area contributed by atoms with Gasteiger partial charge in [-0.25, -0.2) is 16.8 Å². The van der Waals surface area contributed by atoms with Gasteiger partial charge in [-0.2, -0.15) is 9.44 Å². The molecule has 4 heterocycles. The van der Waals surface area contributed by atoms with Crippen molar-refractivity contribution < 1.29 is 44.6 Å². The van der Waals surface area contributed by atoms with Gasteiger partial charge in [-0.15, -0.1) is 0 Å². The van der Waals surface area contributed by atoms with E-state index >= 15 is 0 Å². The second-order valence-corrected chi connectivity index (χ2v) is 18.0. The number of fused-ring (bicyclic) bond motifs is 4. The van der Waals surface area contributed by atoms with Crippen molar-refractivity contribution in [2.45, 2.75) is 34.7 Å². The summed E-state index contributed by atoms with van der Waals surface area (Å²) in [5.41, 5.74) is 2.96. The fourth-order valence-corrected chi connectivity index (χ4v) is 9.65. The summed E-state index contributed by atoms with van der Waals surface area (Å²) in [6.45, 7) is 2.05. The van der Waals surface area contributed by atoms with Crippen LogP contribution < -0.4 is 28.4 Å². The highest BCUT2D eigenvalue weighted by Gasteiger charge is 2.29. The number of hydrogen-bond acceptors (Lipinski definition) is 10. The maximum atomic E-state index is 13.3. The highest BCUT2D eigenvalue weighted by atomic mass is 32.2. The molecular formula is C48H42N2O10S2. The van der Waals surface area contributed by atoms with Crippen molar-refractivity contribution in [3.05, 3.63) is 180 Å². The second-order valence-electron chi connectivity index (χ2n) is 14.6. The van der Waals surface area contributed by atoms with Crippen molar-refractivity contribution in [1.29, 1.82) is 0 Å². The number of rotatable bonds is 10. The van der Waals surface area contributed by atoms with Crippen molar-refractivity contribution in [2.75, 3.05) is 26.4 Å². The van der Waals surface area contributed by atoms with Crippen molar-refractivity contribution >= 4 is 42.0 Å². The SMILES string of the molecule is O=S(=O)(N[C@@H](c1ccccc1)c1cc2ccccc2o1)c1ccc2c(c1)OCCCO2.O=S(=O)(N[C@H](c1ccccc1)c1cc2ccccc2o1)c1ccc2c(c1)OCCCO2. The monoisotopic (exact) mass is 870 g/mol. The Morgan fingerprint density at radius 3 is 1.18 bits per heavy atom. The summed E-state index contributed by atoms with van der Waals surface area (Å²) >= 11 is 0. The molecule has 2 aromatic heterocycles. The normalized spacial score (nSPS) is 14.8. The molecule has 2 aliphatic rings. The van der Waals surface area contributed by atoms with Crippen molar-refractivity contribution in [3.8, 4) is 23.0 Å². The van der Waals surface area contributed by atoms with E-state index in [0.717, 1.165) is 34.7 Å². The van der Waals surface area contributed by atoms with Crippen LogP contribution in [0.5, 0.6) is 23.0 Å². The highest BCUT2D eigenvalue weighted by Crippen LogP contribution is 2.36. The summed E-state index contributed by atoms with van der Waals surface area (Å²) in [7, 11) is -7.77. The fourth-order valence-electron chi connectivity index (χ4n) is 7.23. The summed E-state index contributed by atoms with van der Waals surface area (Å²) in [6, 6.07) is 45.6. The van der Waals surface area contributed by atoms with Gasteiger partial charge in [0, 0.05) is 35.7 Å². The van der Waals surface area contributed by atoms with Crippen molar-refractivity contribution in [3.63, 3.8) is 0 Å². The maximum absolute atomic E-state index is 13.3. The number of sulfonamides is 2. The number of ether oxygens (including phenoxy) is 4. The Labute approximate surface area is 359 Å². The lowest BCUT2D eigenvalue weighted by Gasteiger charge is -2.18. The molecule has 12 nitrogen and oxygen atoms in total. The average Bonchev–Trinajstić information content (AvgIpc) is 3.75. The first-order valence-corrected chi connectivity index (χ1v) is 23.1. The van der Waals surface area contributed by atoms with E-state index in [1.165, 1.54) is 24.3 Å². The topological polar surface area (TPSA) is 156 Å². The molecule has 0 radical (unpaired) electrons. The molecular weight excluding hydrogens is 829 g/mol. The van der Waals surface area contributed by atoms with Crippen LogP contribution in [-0.4, -0.2) is 43.3 Å². The minimum Gasteiger partial charge on any atom is -0.490 e. The molecule has 0 saturated carbocycles. The Balaban J connectivity index is 0.000000158. The zero-order valence-corrected chi connectivity index (χ0v) is 34.9. The molecule has 2 atom stereocenters. The molecule has 8 aromatic rings. The van der Waals surface area contributed by atoms with Gasteiger partial charge in [-0.05, 0) is 59.7 Å². The van der Waals surface area contributed by atoms with Crippen LogP contribution in [0.1, 0.15) is 47.6 Å². The Bertz CT molecular complexity index is 2770. The number of furan rings is 2. The van der Waals surface area contributed by atoms with E-state index in [1.54, 1.807) is 12.1 Å². The van der Waals surface area contributed by atoms with Gasteiger partial charge in [-0.1, -0.05) is 97.1 Å². The van der Waals surface area contributed by atoms with Crippen LogP contribution in [-0.2, 0) is 20.0 Å². The lowest BCUT2D eigenvalue weighted by atomic mass is 10.1. The minimum atomic E-state index is -3.88. The molecule has 6 aromatic carbocycles. The van der Waals surface area contributed by atoms with E-state index in [9.17, 15) is 16.8 Å². The molecule has 2 aliphatic heterocycles. The van der Waals surface area contributed by atoms with Gasteiger partial charge in [0.15, 0.2) is 23.0 Å². The van der Waals surface area contributed by atoms with Gasteiger partial charge in [0.1, 0.15) is 34.8 Å². The second kappa shape index (κ2) is 17.8. The van der Waals surface area contributed by atoms with Gasteiger partial charge in [0.25, 0.3) is 0 Å². The molecule has 0 amide bonds. The Morgan fingerprint density at radius 1 is 0.403 bits per heavy atom. The summed E-state index contributed by atoms with van der Waals surface area (Å²) in [5.74, 6) is 3.00. The Morgan fingerprint density at radius 2 is 0.774 bits per heavy atom. The quantitative estimate of drug-likeness (QED) is 0.136. The van der Waals surface area contributed by atoms with Gasteiger partial charge >= 0.3 is 0 Å². The van der Waals surface area contributed by atoms with Gasteiger partial charge in [-0.3, -0.25) is 0 Å². The van der Waals surface area contributed by atoms with E-state index < -0.39 is 32.1 Å². The van der Waals surface area contributed by atoms with E-state index in [1.807, 2.05) is 121 Å². The van der Waals surface area contributed by atoms with Crippen LogP contribution in [0.2, 0.25) is 0 Å². The summed E-state index contributed by atoms with van der Waals surface area (Å²) in [6.07, 6.45) is 1.49. The molecule has 0 fully saturated rings. The molecule has 10 rings (SSSR count). The lowest BCUT2D eigenvalue weighted by molar-refractivity contribution is 0.296. The number of benzene rings is 6. The molecule has 0 saturated heterocycles. The number of hydrogen-bond donors (Lipinski definition) is 2. The van der Waals surface area contributed by atoms with Gasteiger partial charge < -0.3 is 27.8 Å². The number of nitrogens with one attached hydrogen (secondary N) is 2. The minimum absolute atomic E-state index is 0.105. The van der Waals surface area contributed by atoms with E-state index in [0.29, 0.717) is 72.1 Å². The molecule has 0 spiro atoms. The van der Waals surface area contributed by atoms with Crippen molar-refractivity contribution in [1.82, 2.24) is 9.44 Å². The molecule has 0 unspecified atom stereocenters. The molecule has 14 heteroatoms. The highest BCUT2D eigenvalue weighted by molar-refractivity contribution is 7.89. The molecule has 2 N–H and O–H groups in total. The first kappa shape index (κ1) is 40.8. The first-order chi connectivity index (χ1) is 30.2. The van der Waals surface area contributed by atoms with Gasteiger partial charge in [0.2, 0.25) is 20.0 Å². The smallest absolute Gasteiger partial charge is 0.241 e. The Hall–Kier alpha value is -6.58. The largest absolute Gasteiger partial charge is 0.490 e. The Kier molecular flexibility index (Phi) is 11.7. The zero-order valence-electron chi connectivity index (χ0n) is 33.3. The van der Waals surface area contributed by atoms with Crippen LogP contribution in [0.25, 0.3) is 21.9 Å². The molecule has 0 bridgehead atoms. The third-order valence-electron chi connectivity index (χ3n) is 10.3. The van der Waals surface area contributed by atoms with E-state index in [4.69, 9.17) is 27.8 Å². The predicted octanol–water partition coefficient (Wildman–Crippen LogP) is 9.32. The molecule has 62 heavy (non-hydrogen) atoms. The van der Waals surface area contributed by atoms with Crippen LogP contribution in [0.15, 0.2) is 176 Å². The third kappa shape index (κ3) is 9.04. The summed E-state index contributed by atoms with van der Waals surface area (Å²) < 4.78 is 93.5. The van der Waals surface area contributed by atoms with E-state index in [-0.39, 0.29) is 9.79 Å². The van der Waals surface area contributed by atoms with E-state index in [2.05, 4.69) is 9.44 Å². The lowest BCUT2D eigenvalue weighted by Crippen LogP contribution is -2.29. The van der Waals surface area contributed by atoms with Crippen LogP contribution in [0.3, 0.4) is 0 Å². The van der Waals surface area contributed by atoms with Crippen LogP contribution in [0, 0.1) is 0 Å². The maximum Gasteiger partial charge on any atom is 0.241 e. The molecule has 316 valence electrons. The standard InChI is InChI=1S/2C24H21NO5S/c2*26-31(27,19-11-12-21-22(16-19)29-14-6-13-28-21)25-24(17-7-2-1-3-8-17)23-15-18-9-4-5-10-20(18)30-23/h2*1-5,7-12,15-16,24-25H,6,13-14H2/t2*24-/m10/s1. The third-order valence-corrected chi connectivity index (χ3v) is 13.2. The summed E-state index contributed by atoms with van der Waals surface area (Å²) in [4.78, 5) is 0.211. The fraction of sp³-hybridized carbons (Fsp3) is 0.167. The van der Waals surface area contributed by atoms with Crippen molar-refractivity contribution in [2.24, 2.45) is 0 Å². The number of para-hydroxylation sites is 2.